The summed E-state index contributed by atoms with van der Waals surface area (Å²) in [6.07, 6.45) is 1.35. The number of para-hydroxylation sites is 1. The summed E-state index contributed by atoms with van der Waals surface area (Å²) in [5, 5.41) is 0. The van der Waals surface area contributed by atoms with E-state index in [2.05, 4.69) is 4.98 Å². The summed E-state index contributed by atoms with van der Waals surface area (Å²) in [6, 6.07) is 17.6. The van der Waals surface area contributed by atoms with Crippen LogP contribution in [0.2, 0.25) is 0 Å². The number of Topliss-reactive ketones (excluding diaryl/α,β-unsaturated/α-hetero) is 1. The van der Waals surface area contributed by atoms with Crippen molar-refractivity contribution in [1.29, 1.82) is 0 Å². The topological polar surface area (TPSA) is 82.5 Å². The number of ketones is 1. The van der Waals surface area contributed by atoms with Gasteiger partial charge in [0.2, 0.25) is 11.7 Å². The van der Waals surface area contributed by atoms with Gasteiger partial charge in [0, 0.05) is 11.6 Å². The molecule has 6 nitrogen and oxygen atoms in total. The second kappa shape index (κ2) is 5.81. The summed E-state index contributed by atoms with van der Waals surface area (Å²) in [4.78, 5) is 29.1. The number of oxazole rings is 1. The highest BCUT2D eigenvalue weighted by molar-refractivity contribution is 6.30. The van der Waals surface area contributed by atoms with Crippen LogP contribution in [-0.2, 0) is 4.79 Å². The second-order valence-electron chi connectivity index (χ2n) is 5.98. The average Bonchev–Trinajstić information content (AvgIpc) is 3.24. The maximum absolute atomic E-state index is 12.6. The van der Waals surface area contributed by atoms with Crippen molar-refractivity contribution in [1.82, 2.24) is 4.98 Å². The van der Waals surface area contributed by atoms with Crippen LogP contribution in [-0.4, -0.2) is 16.7 Å². The smallest absolute Gasteiger partial charge is 0.347 e. The molecule has 0 bridgehead atoms. The Morgan fingerprint density at radius 3 is 2.48 bits per heavy atom. The number of nitrogens with zero attached hydrogens (tertiary/aromatic N) is 1. The predicted molar refractivity (Wildman–Crippen MR) is 96.1 cm³/mol. The molecule has 0 unspecified atom stereocenters. The fraction of sp³-hybridized carbons (Fsp3) is 0. The van der Waals surface area contributed by atoms with Gasteiger partial charge in [-0.15, -0.1) is 0 Å². The van der Waals surface area contributed by atoms with Crippen molar-refractivity contribution >= 4 is 29.1 Å². The van der Waals surface area contributed by atoms with Gasteiger partial charge in [-0.1, -0.05) is 30.3 Å². The SMILES string of the molecule is O=C1Oc2ccccc2C(=O)/C1=C/c1cc2oc(-c3ccccc3)nc2o1. The van der Waals surface area contributed by atoms with E-state index in [9.17, 15) is 9.59 Å². The number of rotatable bonds is 2. The molecule has 0 radical (unpaired) electrons. The first-order valence-corrected chi connectivity index (χ1v) is 8.22. The summed E-state index contributed by atoms with van der Waals surface area (Å²) >= 11 is 0. The van der Waals surface area contributed by atoms with Crippen molar-refractivity contribution < 1.29 is 23.2 Å². The molecular weight excluding hydrogens is 346 g/mol. The zero-order valence-electron chi connectivity index (χ0n) is 13.8. The van der Waals surface area contributed by atoms with Gasteiger partial charge in [0.25, 0.3) is 5.71 Å². The number of hydrogen-bond donors (Lipinski definition) is 0. The van der Waals surface area contributed by atoms with Gasteiger partial charge in [0.1, 0.15) is 17.1 Å². The van der Waals surface area contributed by atoms with Crippen LogP contribution in [0.1, 0.15) is 16.1 Å². The van der Waals surface area contributed by atoms with Crippen molar-refractivity contribution in [3.05, 3.63) is 77.6 Å². The van der Waals surface area contributed by atoms with Gasteiger partial charge in [0.15, 0.2) is 5.58 Å². The molecule has 4 aromatic rings. The molecule has 5 rings (SSSR count). The zero-order chi connectivity index (χ0) is 18.4. The van der Waals surface area contributed by atoms with Crippen LogP contribution in [0.15, 0.2) is 75.1 Å². The third kappa shape index (κ3) is 2.55. The Bertz CT molecular complexity index is 1200. The molecule has 0 atom stereocenters. The first kappa shape index (κ1) is 15.3. The lowest BCUT2D eigenvalue weighted by Crippen LogP contribution is -2.24. The molecule has 2 aromatic carbocycles. The van der Waals surface area contributed by atoms with E-state index in [1.807, 2.05) is 30.3 Å². The monoisotopic (exact) mass is 357 g/mol. The summed E-state index contributed by atoms with van der Waals surface area (Å²) in [7, 11) is 0. The molecular formula is C21H11NO5. The summed E-state index contributed by atoms with van der Waals surface area (Å²) < 4.78 is 16.5. The number of carbonyl (C=O) groups is 2. The molecule has 0 saturated heterocycles. The van der Waals surface area contributed by atoms with E-state index in [0.717, 1.165) is 5.56 Å². The van der Waals surface area contributed by atoms with E-state index < -0.39 is 11.8 Å². The van der Waals surface area contributed by atoms with Gasteiger partial charge in [-0.2, -0.15) is 4.98 Å². The lowest BCUT2D eigenvalue weighted by Gasteiger charge is -2.15. The second-order valence-corrected chi connectivity index (χ2v) is 5.98. The number of aromatic nitrogens is 1. The zero-order valence-corrected chi connectivity index (χ0v) is 13.8. The number of hydrogen-bond acceptors (Lipinski definition) is 6. The van der Waals surface area contributed by atoms with E-state index in [1.165, 1.54) is 6.08 Å². The molecule has 0 amide bonds. The number of benzene rings is 2. The Hall–Kier alpha value is -3.93. The van der Waals surface area contributed by atoms with Crippen molar-refractivity contribution in [3.63, 3.8) is 0 Å². The summed E-state index contributed by atoms with van der Waals surface area (Å²) in [6.45, 7) is 0. The van der Waals surface area contributed by atoms with Crippen molar-refractivity contribution in [2.24, 2.45) is 0 Å². The Kier molecular flexibility index (Phi) is 3.30. The quantitative estimate of drug-likeness (QED) is 0.231. The van der Waals surface area contributed by atoms with E-state index in [-0.39, 0.29) is 22.8 Å². The number of carbonyl (C=O) groups excluding carboxylic acids is 2. The Morgan fingerprint density at radius 1 is 0.889 bits per heavy atom. The standard InChI is InChI=1S/C21H11NO5/c23-18-14-8-4-5-9-16(14)27-21(24)15(18)10-13-11-17-20(25-13)22-19(26-17)12-6-2-1-3-7-12/h1-11H/b15-10-. The molecule has 2 aromatic heterocycles. The van der Waals surface area contributed by atoms with E-state index in [1.54, 1.807) is 30.3 Å². The summed E-state index contributed by atoms with van der Waals surface area (Å²) in [5.41, 5.74) is 1.78. The van der Waals surface area contributed by atoms with Crippen molar-refractivity contribution in [2.45, 2.75) is 0 Å². The van der Waals surface area contributed by atoms with Crippen LogP contribution in [0, 0.1) is 0 Å². The third-order valence-electron chi connectivity index (χ3n) is 4.21. The molecule has 6 heteroatoms. The molecule has 27 heavy (non-hydrogen) atoms. The lowest BCUT2D eigenvalue weighted by atomic mass is 9.99. The number of fused-ring (bicyclic) bond motifs is 2. The van der Waals surface area contributed by atoms with Gasteiger partial charge in [-0.25, -0.2) is 4.79 Å². The van der Waals surface area contributed by atoms with Gasteiger partial charge in [-0.3, -0.25) is 4.79 Å². The molecule has 0 aliphatic carbocycles. The normalized spacial score (nSPS) is 15.2. The highest BCUT2D eigenvalue weighted by Crippen LogP contribution is 2.31. The van der Waals surface area contributed by atoms with E-state index >= 15 is 0 Å². The Balaban J connectivity index is 1.52. The molecule has 0 spiro atoms. The molecule has 3 heterocycles. The fourth-order valence-corrected chi connectivity index (χ4v) is 2.93. The minimum Gasteiger partial charge on any atom is -0.436 e. The van der Waals surface area contributed by atoms with Crippen LogP contribution in [0.4, 0.5) is 0 Å². The van der Waals surface area contributed by atoms with Gasteiger partial charge in [0.05, 0.1) is 5.56 Å². The van der Waals surface area contributed by atoms with Crippen LogP contribution >= 0.6 is 0 Å². The van der Waals surface area contributed by atoms with E-state index in [0.29, 0.717) is 17.0 Å². The Labute approximate surface area is 152 Å². The first-order valence-electron chi connectivity index (χ1n) is 8.22. The highest BCUT2D eigenvalue weighted by atomic mass is 16.5. The minimum absolute atomic E-state index is 0.103. The number of esters is 1. The molecule has 130 valence electrons. The third-order valence-corrected chi connectivity index (χ3v) is 4.21. The van der Waals surface area contributed by atoms with E-state index in [4.69, 9.17) is 13.6 Å². The molecule has 0 saturated carbocycles. The molecule has 0 fully saturated rings. The first-order chi connectivity index (χ1) is 13.2. The molecule has 0 N–H and O–H groups in total. The molecule has 1 aliphatic heterocycles. The summed E-state index contributed by atoms with van der Waals surface area (Å²) in [5.74, 6) is -0.148. The Morgan fingerprint density at radius 2 is 1.67 bits per heavy atom. The van der Waals surface area contributed by atoms with Crippen molar-refractivity contribution in [2.75, 3.05) is 0 Å². The van der Waals surface area contributed by atoms with Crippen molar-refractivity contribution in [3.8, 4) is 17.2 Å². The van der Waals surface area contributed by atoms with Crippen LogP contribution in [0.3, 0.4) is 0 Å². The number of furan rings is 1. The van der Waals surface area contributed by atoms with Gasteiger partial charge in [-0.05, 0) is 30.3 Å². The average molecular weight is 357 g/mol. The van der Waals surface area contributed by atoms with Crippen LogP contribution in [0.5, 0.6) is 5.75 Å². The lowest BCUT2D eigenvalue weighted by molar-refractivity contribution is -0.130. The van der Waals surface area contributed by atoms with Gasteiger partial charge < -0.3 is 13.6 Å². The maximum Gasteiger partial charge on any atom is 0.347 e. The highest BCUT2D eigenvalue weighted by Gasteiger charge is 2.31. The van der Waals surface area contributed by atoms with Gasteiger partial charge >= 0.3 is 5.97 Å². The van der Waals surface area contributed by atoms with Crippen LogP contribution < -0.4 is 4.74 Å². The fourth-order valence-electron chi connectivity index (χ4n) is 2.93. The maximum atomic E-state index is 12.6. The predicted octanol–water partition coefficient (Wildman–Crippen LogP) is 4.27. The molecule has 1 aliphatic rings. The number of ether oxygens (including phenoxy) is 1. The van der Waals surface area contributed by atoms with Crippen LogP contribution in [0.25, 0.3) is 28.8 Å². The minimum atomic E-state index is -0.718. The largest absolute Gasteiger partial charge is 0.436 e.